The van der Waals surface area contributed by atoms with E-state index >= 15 is 0 Å². The number of pyridine rings is 1. The van der Waals surface area contributed by atoms with Gasteiger partial charge in [-0.1, -0.05) is 26.0 Å². The van der Waals surface area contributed by atoms with Crippen molar-refractivity contribution in [3.8, 4) is 5.69 Å². The summed E-state index contributed by atoms with van der Waals surface area (Å²) >= 11 is 0. The highest BCUT2D eigenvalue weighted by Crippen LogP contribution is 2.34. The molecule has 2 N–H and O–H groups in total. The molecule has 0 saturated carbocycles. The molecule has 0 unspecified atom stereocenters. The van der Waals surface area contributed by atoms with Gasteiger partial charge >= 0.3 is 6.18 Å². The fourth-order valence-electron chi connectivity index (χ4n) is 4.01. The number of nitrogens with one attached hydrogen (secondary N) is 2. The maximum atomic E-state index is 13.6. The highest BCUT2D eigenvalue weighted by Gasteiger charge is 2.32. The zero-order valence-electron chi connectivity index (χ0n) is 21.7. The van der Waals surface area contributed by atoms with E-state index in [1.165, 1.54) is 23.1 Å². The number of anilines is 2. The zero-order valence-corrected chi connectivity index (χ0v) is 21.7. The Balaban J connectivity index is 1.56. The van der Waals surface area contributed by atoms with Gasteiger partial charge in [-0.2, -0.15) is 13.2 Å². The van der Waals surface area contributed by atoms with Crippen LogP contribution in [0.3, 0.4) is 0 Å². The molecule has 0 atom stereocenters. The third kappa shape index (κ3) is 6.48. The standard InChI is InChI=1S/C26H30F3N7O2/c1-16-22(36-14-21(33-34-36)24(38)31-15-25(2,3)4)12-19(13-30-16)32-23(37)17-9-18(26(27,28)29)11-20(10-17)35-7-5-6-8-35/h9-14H,5-8,15H2,1-4H3,(H,31,38)(H,32,37). The van der Waals surface area contributed by atoms with Crippen molar-refractivity contribution >= 4 is 23.2 Å². The molecule has 0 bridgehead atoms. The van der Waals surface area contributed by atoms with E-state index in [9.17, 15) is 22.8 Å². The van der Waals surface area contributed by atoms with Crippen molar-refractivity contribution in [1.82, 2.24) is 25.3 Å². The summed E-state index contributed by atoms with van der Waals surface area (Å²) in [7, 11) is 0. The summed E-state index contributed by atoms with van der Waals surface area (Å²) in [5.74, 6) is -1.08. The first-order valence-corrected chi connectivity index (χ1v) is 12.3. The zero-order chi connectivity index (χ0) is 27.7. The number of carbonyl (C=O) groups excluding carboxylic acids is 2. The van der Waals surface area contributed by atoms with Gasteiger partial charge in [-0.15, -0.1) is 5.10 Å². The summed E-state index contributed by atoms with van der Waals surface area (Å²) in [4.78, 5) is 31.6. The van der Waals surface area contributed by atoms with Gasteiger partial charge in [0.2, 0.25) is 0 Å². The van der Waals surface area contributed by atoms with Gasteiger partial charge in [-0.3, -0.25) is 14.6 Å². The van der Waals surface area contributed by atoms with Gasteiger partial charge in [0.15, 0.2) is 5.69 Å². The summed E-state index contributed by atoms with van der Waals surface area (Å²) in [6.07, 6.45) is 0.0331. The van der Waals surface area contributed by atoms with E-state index in [4.69, 9.17) is 0 Å². The highest BCUT2D eigenvalue weighted by atomic mass is 19.4. The molecule has 38 heavy (non-hydrogen) atoms. The van der Waals surface area contributed by atoms with E-state index in [2.05, 4.69) is 25.9 Å². The molecule has 12 heteroatoms. The molecule has 0 aliphatic carbocycles. The second-order valence-electron chi connectivity index (χ2n) is 10.5. The van der Waals surface area contributed by atoms with Gasteiger partial charge in [0.1, 0.15) is 0 Å². The number of aromatic nitrogens is 4. The molecule has 202 valence electrons. The maximum absolute atomic E-state index is 13.6. The Hall–Kier alpha value is -3.96. The molecule has 0 radical (unpaired) electrons. The van der Waals surface area contributed by atoms with Crippen molar-refractivity contribution in [2.75, 3.05) is 29.9 Å². The molecule has 2 aromatic heterocycles. The predicted molar refractivity (Wildman–Crippen MR) is 137 cm³/mol. The van der Waals surface area contributed by atoms with Crippen molar-refractivity contribution in [2.45, 2.75) is 46.7 Å². The third-order valence-corrected chi connectivity index (χ3v) is 6.05. The van der Waals surface area contributed by atoms with Gasteiger partial charge in [0, 0.05) is 30.9 Å². The molecule has 3 aromatic rings. The Morgan fingerprint density at radius 3 is 2.39 bits per heavy atom. The van der Waals surface area contributed by atoms with Gasteiger partial charge < -0.3 is 15.5 Å². The van der Waals surface area contributed by atoms with Crippen molar-refractivity contribution in [3.05, 3.63) is 59.2 Å². The van der Waals surface area contributed by atoms with E-state index in [1.54, 1.807) is 13.0 Å². The molecule has 2 amide bonds. The Morgan fingerprint density at radius 2 is 1.74 bits per heavy atom. The molecule has 3 heterocycles. The highest BCUT2D eigenvalue weighted by molar-refractivity contribution is 6.05. The quantitative estimate of drug-likeness (QED) is 0.483. The van der Waals surface area contributed by atoms with E-state index in [0.717, 1.165) is 25.0 Å². The lowest BCUT2D eigenvalue weighted by Gasteiger charge is -2.20. The molecular formula is C26H30F3N7O2. The summed E-state index contributed by atoms with van der Waals surface area (Å²) in [5.41, 5.74) is 0.638. The molecule has 9 nitrogen and oxygen atoms in total. The number of benzene rings is 1. The number of carbonyl (C=O) groups is 2. The molecule has 4 rings (SSSR count). The Bertz CT molecular complexity index is 1340. The first kappa shape index (κ1) is 27.1. The van der Waals surface area contributed by atoms with Crippen molar-refractivity contribution < 1.29 is 22.8 Å². The second-order valence-corrected chi connectivity index (χ2v) is 10.5. The molecule has 1 aromatic carbocycles. The monoisotopic (exact) mass is 529 g/mol. The number of halogens is 3. The predicted octanol–water partition coefficient (Wildman–Crippen LogP) is 4.62. The molecule has 1 saturated heterocycles. The van der Waals surface area contributed by atoms with Crippen molar-refractivity contribution in [2.24, 2.45) is 5.41 Å². The number of nitrogens with zero attached hydrogens (tertiary/aromatic N) is 5. The lowest BCUT2D eigenvalue weighted by Crippen LogP contribution is -2.32. The van der Waals surface area contributed by atoms with Crippen molar-refractivity contribution in [1.29, 1.82) is 0 Å². The minimum absolute atomic E-state index is 0.104. The summed E-state index contributed by atoms with van der Waals surface area (Å²) in [6, 6.07) is 4.96. The SMILES string of the molecule is Cc1ncc(NC(=O)c2cc(N3CCCC3)cc(C(F)(F)F)c2)cc1-n1cc(C(=O)NCC(C)(C)C)nn1. The van der Waals surface area contributed by atoms with Gasteiger partial charge in [0.05, 0.1) is 35.0 Å². The lowest BCUT2D eigenvalue weighted by atomic mass is 9.97. The normalized spacial score (nSPS) is 14.0. The van der Waals surface area contributed by atoms with Crippen LogP contribution in [0.5, 0.6) is 0 Å². The lowest BCUT2D eigenvalue weighted by molar-refractivity contribution is -0.137. The number of amides is 2. The summed E-state index contributed by atoms with van der Waals surface area (Å²) in [5, 5.41) is 13.4. The first-order chi connectivity index (χ1) is 17.8. The van der Waals surface area contributed by atoms with E-state index in [1.807, 2.05) is 25.7 Å². The van der Waals surface area contributed by atoms with Crippen molar-refractivity contribution in [3.63, 3.8) is 0 Å². The number of aryl methyl sites for hydroxylation is 1. The maximum Gasteiger partial charge on any atom is 0.416 e. The molecule has 1 aliphatic heterocycles. The fourth-order valence-corrected chi connectivity index (χ4v) is 4.01. The minimum atomic E-state index is -4.59. The van der Waals surface area contributed by atoms with Gasteiger partial charge in [0.25, 0.3) is 11.8 Å². The molecular weight excluding hydrogens is 499 g/mol. The number of hydrogen-bond donors (Lipinski definition) is 2. The van der Waals surface area contributed by atoms with Gasteiger partial charge in [-0.05, 0) is 49.4 Å². The largest absolute Gasteiger partial charge is 0.416 e. The minimum Gasteiger partial charge on any atom is -0.372 e. The third-order valence-electron chi connectivity index (χ3n) is 6.05. The molecule has 1 aliphatic rings. The number of hydrogen-bond acceptors (Lipinski definition) is 6. The van der Waals surface area contributed by atoms with Crippen LogP contribution in [-0.2, 0) is 6.18 Å². The topological polar surface area (TPSA) is 105 Å². The van der Waals surface area contributed by atoms with Crippen LogP contribution in [-0.4, -0.2) is 51.4 Å². The number of alkyl halides is 3. The Labute approximate surface area is 218 Å². The van der Waals surface area contributed by atoms with E-state index in [-0.39, 0.29) is 28.3 Å². The van der Waals surface area contributed by atoms with E-state index in [0.29, 0.717) is 36.7 Å². The molecule has 0 spiro atoms. The van der Waals surface area contributed by atoms with Crippen LogP contribution in [0, 0.1) is 12.3 Å². The van der Waals surface area contributed by atoms with Crippen LogP contribution < -0.4 is 15.5 Å². The van der Waals surface area contributed by atoms with Gasteiger partial charge in [-0.25, -0.2) is 4.68 Å². The van der Waals surface area contributed by atoms with Crippen LogP contribution in [0.25, 0.3) is 5.69 Å². The molecule has 1 fully saturated rings. The van der Waals surface area contributed by atoms with Crippen LogP contribution in [0.4, 0.5) is 24.5 Å². The second kappa shape index (κ2) is 10.4. The van der Waals surface area contributed by atoms with Crippen LogP contribution >= 0.6 is 0 Å². The Morgan fingerprint density at radius 1 is 1.03 bits per heavy atom. The van der Waals surface area contributed by atoms with Crippen LogP contribution in [0.1, 0.15) is 65.7 Å². The first-order valence-electron chi connectivity index (χ1n) is 12.3. The number of rotatable bonds is 6. The van der Waals surface area contributed by atoms with E-state index < -0.39 is 17.6 Å². The Kier molecular flexibility index (Phi) is 7.43. The average Bonchev–Trinajstić information content (AvgIpc) is 3.55. The summed E-state index contributed by atoms with van der Waals surface area (Å²) in [6.45, 7) is 9.43. The summed E-state index contributed by atoms with van der Waals surface area (Å²) < 4.78 is 42.1. The fraction of sp³-hybridized carbons (Fsp3) is 0.423. The smallest absolute Gasteiger partial charge is 0.372 e. The van der Waals surface area contributed by atoms with Crippen LogP contribution in [0.2, 0.25) is 0 Å². The van der Waals surface area contributed by atoms with Crippen LogP contribution in [0.15, 0.2) is 36.7 Å². The average molecular weight is 530 g/mol.